The van der Waals surface area contributed by atoms with Gasteiger partial charge in [0, 0.05) is 11.4 Å². The van der Waals surface area contributed by atoms with Crippen LogP contribution < -0.4 is 10.2 Å². The molecule has 0 aliphatic carbocycles. The highest BCUT2D eigenvalue weighted by molar-refractivity contribution is 5.95. The molecule has 3 aromatic carbocycles. The molecular weight excluding hydrogens is 364 g/mol. The van der Waals surface area contributed by atoms with Gasteiger partial charge >= 0.3 is 0 Å². The first-order chi connectivity index (χ1) is 14.1. The van der Waals surface area contributed by atoms with Crippen LogP contribution in [0.25, 0.3) is 0 Å². The fourth-order valence-corrected chi connectivity index (χ4v) is 2.93. The lowest BCUT2D eigenvalue weighted by Crippen LogP contribution is -2.34. The fourth-order valence-electron chi connectivity index (χ4n) is 2.93. The average Bonchev–Trinajstić information content (AvgIpc) is 2.73. The summed E-state index contributed by atoms with van der Waals surface area (Å²) in [6.45, 7) is 2.02. The average molecular weight is 388 g/mol. The molecule has 148 valence electrons. The number of carbonyl (C=O) groups excluding carboxylic acids is 2. The van der Waals surface area contributed by atoms with E-state index in [1.807, 2.05) is 91.9 Å². The van der Waals surface area contributed by atoms with E-state index in [4.69, 9.17) is 4.74 Å². The molecule has 0 spiro atoms. The molecule has 3 aromatic rings. The number of hydrogen-bond donors (Lipinski definition) is 1. The van der Waals surface area contributed by atoms with E-state index in [0.717, 1.165) is 16.8 Å². The first kappa shape index (κ1) is 20.3. The summed E-state index contributed by atoms with van der Waals surface area (Å²) < 4.78 is 5.40. The van der Waals surface area contributed by atoms with E-state index in [1.165, 1.54) is 0 Å². The summed E-state index contributed by atoms with van der Waals surface area (Å²) in [5.41, 5.74) is 3.56. The number of aryl methyl sites for hydroxylation is 1. The van der Waals surface area contributed by atoms with Crippen LogP contribution in [0.1, 0.15) is 11.1 Å². The predicted molar refractivity (Wildman–Crippen MR) is 115 cm³/mol. The Morgan fingerprint density at radius 1 is 0.862 bits per heavy atom. The molecule has 0 fully saturated rings. The Hall–Kier alpha value is -3.44. The van der Waals surface area contributed by atoms with Gasteiger partial charge in [-0.25, -0.2) is 0 Å². The van der Waals surface area contributed by atoms with Gasteiger partial charge in [-0.2, -0.15) is 0 Å². The van der Waals surface area contributed by atoms with Crippen molar-refractivity contribution in [1.29, 1.82) is 0 Å². The third-order valence-electron chi connectivity index (χ3n) is 4.31. The normalized spacial score (nSPS) is 10.4. The number of amides is 2. The Morgan fingerprint density at radius 3 is 2.24 bits per heavy atom. The molecule has 1 N–H and O–H groups in total. The van der Waals surface area contributed by atoms with E-state index in [2.05, 4.69) is 5.32 Å². The number of nitrogens with one attached hydrogen (secondary N) is 1. The maximum atomic E-state index is 12.8. The van der Waals surface area contributed by atoms with E-state index in [1.54, 1.807) is 4.90 Å². The van der Waals surface area contributed by atoms with Gasteiger partial charge in [0.25, 0.3) is 5.91 Å². The van der Waals surface area contributed by atoms with E-state index in [0.29, 0.717) is 12.2 Å². The highest BCUT2D eigenvalue weighted by Crippen LogP contribution is 2.17. The SMILES string of the molecule is Cc1cccc(NC(=O)COCC(=O)N(Cc2ccccc2)c2ccccc2)c1. The Bertz CT molecular complexity index is 943. The van der Waals surface area contributed by atoms with E-state index in [-0.39, 0.29) is 25.0 Å². The highest BCUT2D eigenvalue weighted by Gasteiger charge is 2.17. The molecule has 0 unspecified atom stereocenters. The molecule has 2 amide bonds. The van der Waals surface area contributed by atoms with Crippen molar-refractivity contribution in [1.82, 2.24) is 0 Å². The van der Waals surface area contributed by atoms with Gasteiger partial charge in [0.2, 0.25) is 5.91 Å². The molecule has 0 aliphatic rings. The largest absolute Gasteiger partial charge is 0.362 e. The molecule has 0 aromatic heterocycles. The molecular formula is C24H24N2O3. The van der Waals surface area contributed by atoms with Gasteiger partial charge in [-0.05, 0) is 42.3 Å². The van der Waals surface area contributed by atoms with Crippen LogP contribution in [0.4, 0.5) is 11.4 Å². The molecule has 0 saturated carbocycles. The van der Waals surface area contributed by atoms with Crippen molar-refractivity contribution in [2.75, 3.05) is 23.4 Å². The minimum Gasteiger partial charge on any atom is -0.362 e. The Morgan fingerprint density at radius 2 is 1.55 bits per heavy atom. The Kier molecular flexibility index (Phi) is 7.14. The van der Waals surface area contributed by atoms with Crippen LogP contribution in [-0.4, -0.2) is 25.0 Å². The van der Waals surface area contributed by atoms with Gasteiger partial charge < -0.3 is 15.0 Å². The minimum absolute atomic E-state index is 0.178. The lowest BCUT2D eigenvalue weighted by molar-refractivity contribution is -0.127. The molecule has 0 atom stereocenters. The van der Waals surface area contributed by atoms with Crippen molar-refractivity contribution in [3.8, 4) is 0 Å². The molecule has 0 bridgehead atoms. The topological polar surface area (TPSA) is 58.6 Å². The molecule has 0 heterocycles. The number of benzene rings is 3. The number of rotatable bonds is 8. The lowest BCUT2D eigenvalue weighted by Gasteiger charge is -2.23. The summed E-state index contributed by atoms with van der Waals surface area (Å²) in [5, 5.41) is 2.77. The lowest BCUT2D eigenvalue weighted by atomic mass is 10.2. The van der Waals surface area contributed by atoms with Crippen molar-refractivity contribution in [3.63, 3.8) is 0 Å². The summed E-state index contributed by atoms with van der Waals surface area (Å²) >= 11 is 0. The van der Waals surface area contributed by atoms with Crippen molar-refractivity contribution in [3.05, 3.63) is 96.1 Å². The zero-order chi connectivity index (χ0) is 20.5. The van der Waals surface area contributed by atoms with Gasteiger partial charge in [-0.1, -0.05) is 60.7 Å². The van der Waals surface area contributed by atoms with Crippen molar-refractivity contribution < 1.29 is 14.3 Å². The first-order valence-electron chi connectivity index (χ1n) is 9.45. The fraction of sp³-hybridized carbons (Fsp3) is 0.167. The van der Waals surface area contributed by atoms with Crippen molar-refractivity contribution in [2.24, 2.45) is 0 Å². The number of ether oxygens (including phenoxy) is 1. The summed E-state index contributed by atoms with van der Waals surface area (Å²) in [4.78, 5) is 26.5. The van der Waals surface area contributed by atoms with Crippen LogP contribution >= 0.6 is 0 Å². The monoisotopic (exact) mass is 388 g/mol. The van der Waals surface area contributed by atoms with Gasteiger partial charge in [0.15, 0.2) is 0 Å². The van der Waals surface area contributed by atoms with Gasteiger partial charge in [0.05, 0.1) is 6.54 Å². The second-order valence-electron chi connectivity index (χ2n) is 6.71. The zero-order valence-corrected chi connectivity index (χ0v) is 16.4. The van der Waals surface area contributed by atoms with Gasteiger partial charge in [0.1, 0.15) is 13.2 Å². The maximum absolute atomic E-state index is 12.8. The highest BCUT2D eigenvalue weighted by atomic mass is 16.5. The minimum atomic E-state index is -0.294. The third-order valence-corrected chi connectivity index (χ3v) is 4.31. The van der Waals surface area contributed by atoms with E-state index >= 15 is 0 Å². The zero-order valence-electron chi connectivity index (χ0n) is 16.4. The van der Waals surface area contributed by atoms with E-state index < -0.39 is 0 Å². The summed E-state index contributed by atoms with van der Waals surface area (Å²) in [5.74, 6) is -0.499. The maximum Gasteiger partial charge on any atom is 0.253 e. The van der Waals surface area contributed by atoms with Crippen LogP contribution in [0, 0.1) is 6.92 Å². The van der Waals surface area contributed by atoms with Crippen LogP contribution in [0.3, 0.4) is 0 Å². The van der Waals surface area contributed by atoms with Crippen molar-refractivity contribution in [2.45, 2.75) is 13.5 Å². The second kappa shape index (κ2) is 10.2. The molecule has 5 heteroatoms. The summed E-state index contributed by atoms with van der Waals surface area (Å²) in [6.07, 6.45) is 0. The number of hydrogen-bond acceptors (Lipinski definition) is 3. The standard InChI is InChI=1S/C24H24N2O3/c1-19-9-8-12-21(15-19)25-23(27)17-29-18-24(28)26(22-13-6-3-7-14-22)16-20-10-4-2-5-11-20/h2-15H,16-18H2,1H3,(H,25,27). The van der Waals surface area contributed by atoms with Crippen LogP contribution in [0.5, 0.6) is 0 Å². The number of carbonyl (C=O) groups is 2. The Labute approximate surface area is 170 Å². The number of para-hydroxylation sites is 1. The summed E-state index contributed by atoms with van der Waals surface area (Å²) in [6, 6.07) is 26.7. The molecule has 0 saturated heterocycles. The van der Waals surface area contributed by atoms with Gasteiger partial charge in [-0.3, -0.25) is 9.59 Å². The quantitative estimate of drug-likeness (QED) is 0.630. The molecule has 5 nitrogen and oxygen atoms in total. The van der Waals surface area contributed by atoms with E-state index in [9.17, 15) is 9.59 Å². The molecule has 0 aliphatic heterocycles. The van der Waals surface area contributed by atoms with Gasteiger partial charge in [-0.15, -0.1) is 0 Å². The van der Waals surface area contributed by atoms with Crippen LogP contribution in [-0.2, 0) is 20.9 Å². The number of anilines is 2. The van der Waals surface area contributed by atoms with Crippen LogP contribution in [0.2, 0.25) is 0 Å². The smallest absolute Gasteiger partial charge is 0.253 e. The predicted octanol–water partition coefficient (Wildman–Crippen LogP) is 4.18. The van der Waals surface area contributed by atoms with Crippen molar-refractivity contribution >= 4 is 23.2 Å². The summed E-state index contributed by atoms with van der Waals surface area (Å²) in [7, 11) is 0. The number of nitrogens with zero attached hydrogens (tertiary/aromatic N) is 1. The first-order valence-corrected chi connectivity index (χ1v) is 9.45. The second-order valence-corrected chi connectivity index (χ2v) is 6.71. The Balaban J connectivity index is 1.57. The van der Waals surface area contributed by atoms with Crippen LogP contribution in [0.15, 0.2) is 84.9 Å². The molecule has 0 radical (unpaired) electrons. The molecule has 29 heavy (non-hydrogen) atoms. The third kappa shape index (κ3) is 6.30. The molecule has 3 rings (SSSR count).